The van der Waals surface area contributed by atoms with E-state index in [1.165, 1.54) is 0 Å². The third-order valence-electron chi connectivity index (χ3n) is 6.94. The molecule has 1 fully saturated rings. The van der Waals surface area contributed by atoms with E-state index in [0.29, 0.717) is 18.8 Å². The predicted molar refractivity (Wildman–Crippen MR) is 147 cm³/mol. The van der Waals surface area contributed by atoms with Crippen molar-refractivity contribution in [2.45, 2.75) is 57.1 Å². The maximum absolute atomic E-state index is 10.3. The number of aliphatic hydroxyl groups excluding tert-OH is 1. The lowest BCUT2D eigenvalue weighted by atomic mass is 9.74. The Labute approximate surface area is 236 Å². The molecular formula is C29H32N4O8. The number of methoxy groups -OCH3 is 1. The topological polar surface area (TPSA) is 173 Å². The molecule has 2 aromatic heterocycles. The van der Waals surface area contributed by atoms with Crippen LogP contribution in [0.4, 0.5) is 0 Å². The van der Waals surface area contributed by atoms with Gasteiger partial charge in [0.1, 0.15) is 0 Å². The van der Waals surface area contributed by atoms with Gasteiger partial charge in [0.25, 0.3) is 0 Å². The molecule has 12 nitrogen and oxygen atoms in total. The lowest BCUT2D eigenvalue weighted by Gasteiger charge is -2.37. The molecular weight excluding hydrogens is 532 g/mol. The zero-order chi connectivity index (χ0) is 29.5. The van der Waals surface area contributed by atoms with Crippen molar-refractivity contribution < 1.29 is 39.2 Å². The van der Waals surface area contributed by atoms with Crippen molar-refractivity contribution in [1.29, 1.82) is 0 Å². The molecule has 1 saturated carbocycles. The molecule has 41 heavy (non-hydrogen) atoms. The summed E-state index contributed by atoms with van der Waals surface area (Å²) < 4.78 is 13.2. The van der Waals surface area contributed by atoms with Crippen LogP contribution in [0.25, 0.3) is 5.82 Å². The first-order chi connectivity index (χ1) is 19.7. The summed E-state index contributed by atoms with van der Waals surface area (Å²) in [7, 11) is 1.65. The van der Waals surface area contributed by atoms with Gasteiger partial charge in [0.2, 0.25) is 5.78 Å². The molecule has 0 bridgehead atoms. The Balaban J connectivity index is 0.000000334. The number of Topliss-reactive ketones (excluding diaryl/α,β-unsaturated/α-hetero) is 1. The highest BCUT2D eigenvalue weighted by Crippen LogP contribution is 2.45. The molecule has 0 unspecified atom stereocenters. The van der Waals surface area contributed by atoms with Crippen LogP contribution >= 0.6 is 0 Å². The summed E-state index contributed by atoms with van der Waals surface area (Å²) in [6, 6.07) is 10.1. The van der Waals surface area contributed by atoms with E-state index in [9.17, 15) is 19.5 Å². The summed E-state index contributed by atoms with van der Waals surface area (Å²) in [5.41, 5.74) is 4.04. The van der Waals surface area contributed by atoms with E-state index < -0.39 is 30.6 Å². The summed E-state index contributed by atoms with van der Waals surface area (Å²) >= 11 is 0. The van der Waals surface area contributed by atoms with Gasteiger partial charge in [-0.2, -0.15) is 5.10 Å². The monoisotopic (exact) mass is 564 g/mol. The number of aromatic nitrogens is 3. The number of hydrogen-bond donors (Lipinski definition) is 3. The maximum atomic E-state index is 10.3. The molecule has 2 aliphatic rings. The molecule has 0 saturated heterocycles. The predicted octanol–water partition coefficient (Wildman–Crippen LogP) is 3.03. The van der Waals surface area contributed by atoms with E-state index in [1.54, 1.807) is 18.0 Å². The van der Waals surface area contributed by atoms with Gasteiger partial charge in [0, 0.05) is 42.1 Å². The van der Waals surface area contributed by atoms with Gasteiger partial charge in [-0.1, -0.05) is 0 Å². The number of nitrogens with zero attached hydrogens (tertiary/aromatic N) is 4. The normalized spacial score (nSPS) is 19.0. The number of ketones is 1. The molecule has 1 aliphatic heterocycles. The second-order valence-corrected chi connectivity index (χ2v) is 9.62. The molecule has 3 heterocycles. The van der Waals surface area contributed by atoms with E-state index in [1.807, 2.05) is 43.6 Å². The van der Waals surface area contributed by atoms with Crippen molar-refractivity contribution in [1.82, 2.24) is 14.8 Å². The standard InChI is InChI=1S/C24H26N4O3.C5H6O5/c1-3-31-22-12-17-18-11-16(29)6-7-20(18)27-24(19(17)13-21(22)30-2)15-5-8-23(25-14-15)28-10-4-9-26-28;6-3(5(9)10)1-2-4(7)8/h4-5,8-10,12-14,16,18,20,29H,3,6-7,11H2,1-2H3;1-2H2,(H,7,8)(H,9,10)/t16-,18-,20-;/m1./s1. The smallest absolute Gasteiger partial charge is 0.372 e. The van der Waals surface area contributed by atoms with Crippen LogP contribution in [0.1, 0.15) is 61.6 Å². The van der Waals surface area contributed by atoms with Gasteiger partial charge in [-0.05, 0) is 62.1 Å². The van der Waals surface area contributed by atoms with Gasteiger partial charge in [0.15, 0.2) is 17.3 Å². The van der Waals surface area contributed by atoms with Crippen molar-refractivity contribution >= 4 is 23.4 Å². The second-order valence-electron chi connectivity index (χ2n) is 9.62. The summed E-state index contributed by atoms with van der Waals surface area (Å²) in [6.45, 7) is 2.53. The molecule has 1 aromatic carbocycles. The van der Waals surface area contributed by atoms with E-state index in [0.717, 1.165) is 46.8 Å². The fourth-order valence-electron chi connectivity index (χ4n) is 5.00. The highest BCUT2D eigenvalue weighted by molar-refractivity contribution is 6.32. The number of aliphatic carboxylic acids is 2. The molecule has 0 amide bonds. The molecule has 0 spiro atoms. The molecule has 216 valence electrons. The molecule has 3 N–H and O–H groups in total. The van der Waals surface area contributed by atoms with Gasteiger partial charge in [-0.15, -0.1) is 0 Å². The van der Waals surface area contributed by atoms with Crippen molar-refractivity contribution in [2.75, 3.05) is 13.7 Å². The number of fused-ring (bicyclic) bond motifs is 3. The summed E-state index contributed by atoms with van der Waals surface area (Å²) in [4.78, 5) is 39.5. The number of aliphatic imine (C=N–C) groups is 1. The molecule has 3 aromatic rings. The zero-order valence-corrected chi connectivity index (χ0v) is 22.8. The number of rotatable bonds is 9. The van der Waals surface area contributed by atoms with Crippen LogP contribution in [0.5, 0.6) is 11.5 Å². The number of carbonyl (C=O) groups excluding carboxylic acids is 1. The van der Waals surface area contributed by atoms with Crippen LogP contribution in [0.2, 0.25) is 0 Å². The Morgan fingerprint density at radius 2 is 1.90 bits per heavy atom. The van der Waals surface area contributed by atoms with E-state index in [-0.39, 0.29) is 18.1 Å². The lowest BCUT2D eigenvalue weighted by Crippen LogP contribution is -2.34. The Kier molecular flexibility index (Phi) is 9.45. The van der Waals surface area contributed by atoms with Crippen LogP contribution in [0.3, 0.4) is 0 Å². The second kappa shape index (κ2) is 13.2. The van der Waals surface area contributed by atoms with Crippen molar-refractivity contribution in [3.63, 3.8) is 0 Å². The Bertz CT molecular complexity index is 1420. The summed E-state index contributed by atoms with van der Waals surface area (Å²) in [5.74, 6) is -1.48. The quantitative estimate of drug-likeness (QED) is 0.328. The van der Waals surface area contributed by atoms with Gasteiger partial charge in [-0.25, -0.2) is 14.5 Å². The van der Waals surface area contributed by atoms with Crippen LogP contribution < -0.4 is 9.47 Å². The fraction of sp³-hybridized carbons (Fsp3) is 0.379. The maximum Gasteiger partial charge on any atom is 0.372 e. The van der Waals surface area contributed by atoms with E-state index in [2.05, 4.69) is 16.1 Å². The minimum atomic E-state index is -1.58. The first-order valence-electron chi connectivity index (χ1n) is 13.3. The third kappa shape index (κ3) is 6.95. The summed E-state index contributed by atoms with van der Waals surface area (Å²) in [6.07, 6.45) is 6.64. The SMILES string of the molecule is CCOc1cc2c(cc1OC)C(c1ccc(-n3cccn3)nc1)=N[C@@H]1CC[C@@H](O)C[C@H]21.O=C(O)CCC(=O)C(=O)O. The highest BCUT2D eigenvalue weighted by atomic mass is 16.5. The number of aliphatic hydroxyl groups is 1. The van der Waals surface area contributed by atoms with Crippen LogP contribution in [0, 0.1) is 0 Å². The van der Waals surface area contributed by atoms with Crippen molar-refractivity contribution in [3.8, 4) is 17.3 Å². The third-order valence-corrected chi connectivity index (χ3v) is 6.94. The Morgan fingerprint density at radius 3 is 2.51 bits per heavy atom. The molecule has 1 aliphatic carbocycles. The Hall–Kier alpha value is -4.58. The van der Waals surface area contributed by atoms with E-state index in [4.69, 9.17) is 24.7 Å². The van der Waals surface area contributed by atoms with Gasteiger partial charge < -0.3 is 24.8 Å². The zero-order valence-electron chi connectivity index (χ0n) is 22.8. The molecule has 12 heteroatoms. The fourth-order valence-corrected chi connectivity index (χ4v) is 5.00. The number of benzene rings is 1. The number of ether oxygens (including phenoxy) is 2. The van der Waals surface area contributed by atoms with Crippen LogP contribution in [-0.4, -0.2) is 79.4 Å². The minimum absolute atomic E-state index is 0.138. The number of carboxylic acids is 2. The van der Waals surface area contributed by atoms with Gasteiger partial charge in [0.05, 0.1) is 38.0 Å². The average molecular weight is 565 g/mol. The number of pyridine rings is 1. The largest absolute Gasteiger partial charge is 0.493 e. The first-order valence-corrected chi connectivity index (χ1v) is 13.3. The van der Waals surface area contributed by atoms with Gasteiger partial charge in [-0.3, -0.25) is 14.6 Å². The van der Waals surface area contributed by atoms with Crippen molar-refractivity contribution in [3.05, 3.63) is 65.6 Å². The number of hydrogen-bond acceptors (Lipinski definition) is 9. The van der Waals surface area contributed by atoms with Crippen molar-refractivity contribution in [2.24, 2.45) is 4.99 Å². The lowest BCUT2D eigenvalue weighted by molar-refractivity contribution is -0.149. The average Bonchev–Trinajstić information content (AvgIpc) is 3.51. The number of carboxylic acid groups (broad SMARTS) is 2. The molecule has 3 atom stereocenters. The van der Waals surface area contributed by atoms with E-state index >= 15 is 0 Å². The van der Waals surface area contributed by atoms with Crippen LogP contribution in [0.15, 0.2) is 53.9 Å². The number of carbonyl (C=O) groups is 3. The molecule has 5 rings (SSSR count). The Morgan fingerprint density at radius 1 is 1.10 bits per heavy atom. The molecule has 0 radical (unpaired) electrons. The summed E-state index contributed by atoms with van der Waals surface area (Å²) in [5, 5.41) is 30.5. The minimum Gasteiger partial charge on any atom is -0.493 e. The first kappa shape index (κ1) is 29.4. The highest BCUT2D eigenvalue weighted by Gasteiger charge is 2.37. The van der Waals surface area contributed by atoms with Crippen LogP contribution in [-0.2, 0) is 14.4 Å². The van der Waals surface area contributed by atoms with Gasteiger partial charge >= 0.3 is 11.9 Å².